The minimum Gasteiger partial charge on any atom is -0.497 e. The van der Waals surface area contributed by atoms with E-state index in [1.165, 1.54) is 5.56 Å². The van der Waals surface area contributed by atoms with Gasteiger partial charge in [0.2, 0.25) is 0 Å². The quantitative estimate of drug-likeness (QED) is 0.599. The fourth-order valence-electron chi connectivity index (χ4n) is 3.38. The number of carbonyl (C=O) groups excluding carboxylic acids is 1. The van der Waals surface area contributed by atoms with Crippen molar-refractivity contribution in [3.63, 3.8) is 0 Å². The van der Waals surface area contributed by atoms with E-state index in [0.29, 0.717) is 12.6 Å². The summed E-state index contributed by atoms with van der Waals surface area (Å²) in [6.07, 6.45) is 7.12. The number of hydrogen-bond acceptors (Lipinski definition) is 3. The lowest BCUT2D eigenvalue weighted by molar-refractivity contribution is 0.175. The van der Waals surface area contributed by atoms with Gasteiger partial charge in [0.05, 0.1) is 7.11 Å². The monoisotopic (exact) mass is 359 g/mol. The zero-order chi connectivity index (χ0) is 18.9. The Balaban J connectivity index is 1.74. The summed E-state index contributed by atoms with van der Waals surface area (Å²) in [5, 5.41) is 0. The lowest BCUT2D eigenvalue weighted by Crippen LogP contribution is -2.42. The lowest BCUT2D eigenvalue weighted by Gasteiger charge is -2.30. The van der Waals surface area contributed by atoms with Gasteiger partial charge in [0, 0.05) is 32.4 Å². The molecule has 26 heavy (non-hydrogen) atoms. The van der Waals surface area contributed by atoms with E-state index in [2.05, 4.69) is 30.9 Å². The molecule has 0 aliphatic carbocycles. The molecule has 2 rings (SSSR count). The van der Waals surface area contributed by atoms with Gasteiger partial charge in [0.15, 0.2) is 0 Å². The summed E-state index contributed by atoms with van der Waals surface area (Å²) in [4.78, 5) is 18.1. The number of amides is 2. The fourth-order valence-corrected chi connectivity index (χ4v) is 3.38. The molecule has 0 fully saturated rings. The van der Waals surface area contributed by atoms with Crippen LogP contribution in [-0.2, 0) is 6.42 Å². The molecule has 0 saturated heterocycles. The second kappa shape index (κ2) is 10.2. The number of urea groups is 1. The van der Waals surface area contributed by atoms with Crippen molar-refractivity contribution in [2.45, 2.75) is 39.2 Å². The first-order valence-corrected chi connectivity index (χ1v) is 9.60. The van der Waals surface area contributed by atoms with Crippen LogP contribution in [0.2, 0.25) is 0 Å². The van der Waals surface area contributed by atoms with E-state index in [0.717, 1.165) is 44.6 Å². The predicted octanol–water partition coefficient (Wildman–Crippen LogP) is 3.61. The maximum absolute atomic E-state index is 12.0. The number of nitrogens with zero attached hydrogens (tertiary/aromatic N) is 3. The average Bonchev–Trinajstić information content (AvgIpc) is 2.65. The Morgan fingerprint density at radius 2 is 1.96 bits per heavy atom. The SMILES string of the molecule is CCN(CCCCN1C=CCN(C)C1=O)C(C)Cc1ccc(OC)cc1. The van der Waals surface area contributed by atoms with Crippen LogP contribution in [0.25, 0.3) is 0 Å². The van der Waals surface area contributed by atoms with Gasteiger partial charge in [-0.05, 0) is 63.0 Å². The number of benzene rings is 1. The number of rotatable bonds is 10. The van der Waals surface area contributed by atoms with Gasteiger partial charge >= 0.3 is 6.03 Å². The van der Waals surface area contributed by atoms with E-state index in [1.807, 2.05) is 36.4 Å². The van der Waals surface area contributed by atoms with Crippen molar-refractivity contribution in [1.29, 1.82) is 0 Å². The standard InChI is InChI=1S/C21H33N3O2/c1-5-23(18(2)17-19-9-11-20(26-4)12-10-19)14-6-7-15-24-16-8-13-22(3)21(24)25/h8-12,16,18H,5-7,13-15,17H2,1-4H3. The first kappa shape index (κ1) is 20.3. The Morgan fingerprint density at radius 1 is 1.23 bits per heavy atom. The minimum atomic E-state index is 0.104. The second-order valence-corrected chi connectivity index (χ2v) is 6.98. The van der Waals surface area contributed by atoms with Crippen LogP contribution in [0, 0.1) is 0 Å². The molecule has 0 N–H and O–H groups in total. The second-order valence-electron chi connectivity index (χ2n) is 6.98. The van der Waals surface area contributed by atoms with Gasteiger partial charge in [-0.2, -0.15) is 0 Å². The van der Waals surface area contributed by atoms with Gasteiger partial charge in [-0.3, -0.25) is 0 Å². The maximum Gasteiger partial charge on any atom is 0.324 e. The largest absolute Gasteiger partial charge is 0.497 e. The third-order valence-corrected chi connectivity index (χ3v) is 5.05. The van der Waals surface area contributed by atoms with Crippen molar-refractivity contribution in [3.05, 3.63) is 42.1 Å². The summed E-state index contributed by atoms with van der Waals surface area (Å²) in [5.74, 6) is 0.903. The third kappa shape index (κ3) is 5.77. The van der Waals surface area contributed by atoms with E-state index in [4.69, 9.17) is 4.74 Å². The van der Waals surface area contributed by atoms with Crippen LogP contribution < -0.4 is 4.74 Å². The number of likely N-dealkylation sites (N-methyl/N-ethyl adjacent to an activating group) is 2. The highest BCUT2D eigenvalue weighted by Crippen LogP contribution is 2.15. The molecule has 0 spiro atoms. The highest BCUT2D eigenvalue weighted by Gasteiger charge is 2.18. The average molecular weight is 360 g/mol. The van der Waals surface area contributed by atoms with Crippen LogP contribution in [0.4, 0.5) is 4.79 Å². The smallest absolute Gasteiger partial charge is 0.324 e. The normalized spacial score (nSPS) is 15.7. The molecule has 5 heteroatoms. The number of hydrogen-bond donors (Lipinski definition) is 0. The van der Waals surface area contributed by atoms with Crippen LogP contribution in [0.1, 0.15) is 32.3 Å². The molecule has 144 valence electrons. The molecule has 1 atom stereocenters. The van der Waals surface area contributed by atoms with Gasteiger partial charge in [0.1, 0.15) is 5.75 Å². The van der Waals surface area contributed by atoms with E-state index in [1.54, 1.807) is 12.0 Å². The van der Waals surface area contributed by atoms with Crippen LogP contribution in [0.3, 0.4) is 0 Å². The molecule has 0 saturated carbocycles. The molecule has 1 aliphatic heterocycles. The Kier molecular flexibility index (Phi) is 7.98. The van der Waals surface area contributed by atoms with E-state index in [9.17, 15) is 4.79 Å². The summed E-state index contributed by atoms with van der Waals surface area (Å²) in [6, 6.07) is 8.95. The molecule has 0 aromatic heterocycles. The molecule has 5 nitrogen and oxygen atoms in total. The van der Waals surface area contributed by atoms with Crippen molar-refractivity contribution < 1.29 is 9.53 Å². The molecule has 1 heterocycles. The van der Waals surface area contributed by atoms with Gasteiger partial charge in [-0.15, -0.1) is 0 Å². The summed E-state index contributed by atoms with van der Waals surface area (Å²) < 4.78 is 5.23. The molecule has 1 aromatic rings. The number of carbonyl (C=O) groups is 1. The van der Waals surface area contributed by atoms with Crippen LogP contribution in [0.5, 0.6) is 5.75 Å². The van der Waals surface area contributed by atoms with Crippen LogP contribution in [0.15, 0.2) is 36.5 Å². The summed E-state index contributed by atoms with van der Waals surface area (Å²) in [6.45, 7) is 8.12. The molecular formula is C21H33N3O2. The van der Waals surface area contributed by atoms with Crippen molar-refractivity contribution in [1.82, 2.24) is 14.7 Å². The van der Waals surface area contributed by atoms with Crippen LogP contribution >= 0.6 is 0 Å². The third-order valence-electron chi connectivity index (χ3n) is 5.05. The number of ether oxygens (including phenoxy) is 1. The van der Waals surface area contributed by atoms with Crippen LogP contribution in [-0.4, -0.2) is 67.1 Å². The first-order valence-electron chi connectivity index (χ1n) is 9.60. The van der Waals surface area contributed by atoms with Crippen molar-refractivity contribution in [2.75, 3.05) is 40.3 Å². The molecule has 0 bridgehead atoms. The molecule has 0 radical (unpaired) electrons. The molecule has 1 aromatic carbocycles. The van der Waals surface area contributed by atoms with Gasteiger partial charge in [-0.1, -0.05) is 19.1 Å². The number of unbranched alkanes of at least 4 members (excludes halogenated alkanes) is 1. The summed E-state index contributed by atoms with van der Waals surface area (Å²) in [7, 11) is 3.54. The molecule has 1 unspecified atom stereocenters. The Morgan fingerprint density at radius 3 is 2.62 bits per heavy atom. The predicted molar refractivity (Wildman–Crippen MR) is 107 cm³/mol. The molecular weight excluding hydrogens is 326 g/mol. The van der Waals surface area contributed by atoms with E-state index in [-0.39, 0.29) is 6.03 Å². The number of methoxy groups -OCH3 is 1. The zero-order valence-electron chi connectivity index (χ0n) is 16.6. The Bertz CT molecular complexity index is 585. The van der Waals surface area contributed by atoms with Gasteiger partial charge in [-0.25, -0.2) is 4.79 Å². The molecule has 1 aliphatic rings. The fraction of sp³-hybridized carbons (Fsp3) is 0.571. The van der Waals surface area contributed by atoms with Gasteiger partial charge < -0.3 is 19.4 Å². The topological polar surface area (TPSA) is 36.0 Å². The Hall–Kier alpha value is -2.01. The highest BCUT2D eigenvalue weighted by atomic mass is 16.5. The van der Waals surface area contributed by atoms with E-state index >= 15 is 0 Å². The van der Waals surface area contributed by atoms with Gasteiger partial charge in [0.25, 0.3) is 0 Å². The summed E-state index contributed by atoms with van der Waals surface area (Å²) >= 11 is 0. The Labute approximate surface area is 158 Å². The zero-order valence-corrected chi connectivity index (χ0v) is 16.6. The van der Waals surface area contributed by atoms with Crippen molar-refractivity contribution in [2.24, 2.45) is 0 Å². The maximum atomic E-state index is 12.0. The lowest BCUT2D eigenvalue weighted by atomic mass is 10.1. The van der Waals surface area contributed by atoms with Crippen molar-refractivity contribution >= 4 is 6.03 Å². The minimum absolute atomic E-state index is 0.104. The first-order chi connectivity index (χ1) is 12.5. The van der Waals surface area contributed by atoms with E-state index < -0.39 is 0 Å². The van der Waals surface area contributed by atoms with Crippen molar-refractivity contribution in [3.8, 4) is 5.75 Å². The summed E-state index contributed by atoms with van der Waals surface area (Å²) in [5.41, 5.74) is 1.34. The molecule has 2 amide bonds. The highest BCUT2D eigenvalue weighted by molar-refractivity contribution is 5.76.